The van der Waals surface area contributed by atoms with E-state index < -0.39 is 6.10 Å². The Morgan fingerprint density at radius 3 is 2.52 bits per heavy atom. The minimum atomic E-state index is -0.405. The number of aliphatic hydroxyl groups excluding tert-OH is 1. The molecule has 1 N–H and O–H groups in total. The van der Waals surface area contributed by atoms with Crippen LogP contribution < -0.4 is 0 Å². The van der Waals surface area contributed by atoms with E-state index in [1.165, 1.54) is 24.8 Å². The monoisotopic (exact) mass is 289 g/mol. The van der Waals surface area contributed by atoms with Gasteiger partial charge in [-0.1, -0.05) is 51.0 Å². The highest BCUT2D eigenvalue weighted by molar-refractivity contribution is 5.27. The zero-order chi connectivity index (χ0) is 15.3. The van der Waals surface area contributed by atoms with E-state index in [-0.39, 0.29) is 5.54 Å². The second kappa shape index (κ2) is 7.42. The lowest BCUT2D eigenvalue weighted by molar-refractivity contribution is -0.0352. The summed E-state index contributed by atoms with van der Waals surface area (Å²) in [5.74, 6) is 0. The molecule has 0 bridgehead atoms. The normalized spacial score (nSPS) is 21.0. The van der Waals surface area contributed by atoms with Gasteiger partial charge in [-0.2, -0.15) is 0 Å². The van der Waals surface area contributed by atoms with Gasteiger partial charge in [0.05, 0.1) is 6.10 Å². The maximum Gasteiger partial charge on any atom is 0.0970 e. The van der Waals surface area contributed by atoms with E-state index in [0.717, 1.165) is 37.9 Å². The zero-order valence-electron chi connectivity index (χ0n) is 13.9. The molecule has 118 valence electrons. The molecule has 2 nitrogen and oxygen atoms in total. The Morgan fingerprint density at radius 2 is 1.90 bits per heavy atom. The molecular weight excluding hydrogens is 258 g/mol. The smallest absolute Gasteiger partial charge is 0.0970 e. The van der Waals surface area contributed by atoms with Crippen LogP contribution in [0.1, 0.15) is 70.1 Å². The number of piperidine rings is 1. The van der Waals surface area contributed by atoms with Gasteiger partial charge in [-0.3, -0.25) is 4.90 Å². The van der Waals surface area contributed by atoms with Crippen molar-refractivity contribution in [2.45, 2.75) is 70.9 Å². The maximum atomic E-state index is 11.0. The summed E-state index contributed by atoms with van der Waals surface area (Å²) in [5.41, 5.74) is 2.27. The lowest BCUT2D eigenvalue weighted by Crippen LogP contribution is -2.52. The van der Waals surface area contributed by atoms with E-state index in [4.69, 9.17) is 0 Å². The van der Waals surface area contributed by atoms with Crippen molar-refractivity contribution >= 4 is 0 Å². The van der Waals surface area contributed by atoms with Crippen LogP contribution >= 0.6 is 0 Å². The van der Waals surface area contributed by atoms with Gasteiger partial charge in [0.25, 0.3) is 0 Å². The average molecular weight is 289 g/mol. The van der Waals surface area contributed by atoms with Gasteiger partial charge in [-0.05, 0) is 56.8 Å². The quantitative estimate of drug-likeness (QED) is 0.842. The van der Waals surface area contributed by atoms with Gasteiger partial charge in [0.2, 0.25) is 0 Å². The van der Waals surface area contributed by atoms with Gasteiger partial charge >= 0.3 is 0 Å². The summed E-state index contributed by atoms with van der Waals surface area (Å²) < 4.78 is 0. The third kappa shape index (κ3) is 3.67. The molecule has 0 radical (unpaired) electrons. The molecule has 0 aliphatic carbocycles. The van der Waals surface area contributed by atoms with Crippen molar-refractivity contribution in [2.75, 3.05) is 13.1 Å². The van der Waals surface area contributed by atoms with E-state index in [9.17, 15) is 5.11 Å². The second-order valence-corrected chi connectivity index (χ2v) is 6.66. The van der Waals surface area contributed by atoms with Crippen LogP contribution in [0.4, 0.5) is 0 Å². The minimum Gasteiger partial charge on any atom is -0.386 e. The van der Waals surface area contributed by atoms with Crippen LogP contribution in [0.15, 0.2) is 24.3 Å². The third-order valence-corrected chi connectivity index (χ3v) is 5.19. The first kappa shape index (κ1) is 16.5. The van der Waals surface area contributed by atoms with Gasteiger partial charge < -0.3 is 5.11 Å². The molecule has 1 aliphatic heterocycles. The van der Waals surface area contributed by atoms with Crippen molar-refractivity contribution in [2.24, 2.45) is 0 Å². The highest BCUT2D eigenvalue weighted by Gasteiger charge is 2.38. The Bertz CT molecular complexity index is 439. The molecule has 0 amide bonds. The Kier molecular flexibility index (Phi) is 5.83. The molecular formula is C19H31NO. The minimum absolute atomic E-state index is 0.148. The van der Waals surface area contributed by atoms with Gasteiger partial charge in [-0.15, -0.1) is 0 Å². The highest BCUT2D eigenvalue weighted by atomic mass is 16.3. The van der Waals surface area contributed by atoms with Crippen molar-refractivity contribution < 1.29 is 5.11 Å². The van der Waals surface area contributed by atoms with Crippen LogP contribution in [-0.4, -0.2) is 28.6 Å². The molecule has 2 atom stereocenters. The number of hydrogen-bond donors (Lipinski definition) is 1. The fourth-order valence-electron chi connectivity index (χ4n) is 3.56. The van der Waals surface area contributed by atoms with Crippen LogP contribution in [-0.2, 0) is 6.42 Å². The molecule has 1 aliphatic rings. The molecule has 1 saturated heterocycles. The summed E-state index contributed by atoms with van der Waals surface area (Å²) in [6.07, 6.45) is 6.67. The number of aryl methyl sites for hydroxylation is 1. The fraction of sp³-hybridized carbons (Fsp3) is 0.684. The Morgan fingerprint density at radius 1 is 1.19 bits per heavy atom. The summed E-state index contributed by atoms with van der Waals surface area (Å²) in [7, 11) is 0. The number of nitrogens with zero attached hydrogens (tertiary/aromatic N) is 1. The van der Waals surface area contributed by atoms with E-state index in [2.05, 4.69) is 49.9 Å². The molecule has 0 saturated carbocycles. The summed E-state index contributed by atoms with van der Waals surface area (Å²) >= 11 is 0. The van der Waals surface area contributed by atoms with E-state index in [1.54, 1.807) is 0 Å². The second-order valence-electron chi connectivity index (χ2n) is 6.66. The number of likely N-dealkylation sites (tertiary alicyclic amines) is 1. The topological polar surface area (TPSA) is 23.5 Å². The molecule has 1 aromatic rings. The lowest BCUT2D eigenvalue weighted by Gasteiger charge is -2.46. The fourth-order valence-corrected chi connectivity index (χ4v) is 3.56. The predicted molar refractivity (Wildman–Crippen MR) is 89.5 cm³/mol. The first-order chi connectivity index (χ1) is 10.1. The summed E-state index contributed by atoms with van der Waals surface area (Å²) in [4.78, 5) is 2.51. The van der Waals surface area contributed by atoms with Crippen molar-refractivity contribution in [3.8, 4) is 0 Å². The summed E-state index contributed by atoms with van der Waals surface area (Å²) in [6.45, 7) is 8.88. The first-order valence-corrected chi connectivity index (χ1v) is 8.63. The van der Waals surface area contributed by atoms with Gasteiger partial charge in [-0.25, -0.2) is 0 Å². The van der Waals surface area contributed by atoms with Crippen LogP contribution in [0, 0.1) is 0 Å². The number of rotatable bonds is 6. The van der Waals surface area contributed by atoms with Gasteiger partial charge in [0.1, 0.15) is 0 Å². The van der Waals surface area contributed by atoms with E-state index in [1.807, 2.05) is 0 Å². The molecule has 1 heterocycles. The van der Waals surface area contributed by atoms with Crippen molar-refractivity contribution in [1.82, 2.24) is 4.90 Å². The maximum absolute atomic E-state index is 11.0. The number of aliphatic hydroxyl groups is 1. The molecule has 0 spiro atoms. The van der Waals surface area contributed by atoms with Gasteiger partial charge in [0.15, 0.2) is 0 Å². The van der Waals surface area contributed by atoms with Crippen LogP contribution in [0.2, 0.25) is 0 Å². The molecule has 0 aromatic heterocycles. The largest absolute Gasteiger partial charge is 0.386 e. The zero-order valence-corrected chi connectivity index (χ0v) is 13.9. The number of hydrogen-bond acceptors (Lipinski definition) is 2. The Labute approximate surface area is 130 Å². The number of benzene rings is 1. The standard InChI is InChI=1S/C19H31NO/c1-4-10-16-11-9-12-17(15-16)18(21)19(3,5-2)20-13-7-6-8-14-20/h9,11-12,15,18,21H,4-8,10,13-14H2,1-3H3. The van der Waals surface area contributed by atoms with Crippen LogP contribution in [0.3, 0.4) is 0 Å². The van der Waals surface area contributed by atoms with E-state index in [0.29, 0.717) is 0 Å². The van der Waals surface area contributed by atoms with E-state index >= 15 is 0 Å². The van der Waals surface area contributed by atoms with Crippen LogP contribution in [0.25, 0.3) is 0 Å². The molecule has 1 aromatic carbocycles. The van der Waals surface area contributed by atoms with Crippen molar-refractivity contribution in [1.29, 1.82) is 0 Å². The molecule has 2 rings (SSSR count). The first-order valence-electron chi connectivity index (χ1n) is 8.63. The average Bonchev–Trinajstić information content (AvgIpc) is 2.55. The molecule has 1 fully saturated rings. The van der Waals surface area contributed by atoms with Crippen molar-refractivity contribution in [3.63, 3.8) is 0 Å². The molecule has 2 heteroatoms. The Hall–Kier alpha value is -0.860. The SMILES string of the molecule is CCCc1cccc(C(O)C(C)(CC)N2CCCCC2)c1. The predicted octanol–water partition coefficient (Wildman–Crippen LogP) is 4.33. The van der Waals surface area contributed by atoms with Crippen LogP contribution in [0.5, 0.6) is 0 Å². The van der Waals surface area contributed by atoms with Gasteiger partial charge in [0, 0.05) is 5.54 Å². The molecule has 2 unspecified atom stereocenters. The highest BCUT2D eigenvalue weighted by Crippen LogP contribution is 2.36. The lowest BCUT2D eigenvalue weighted by atomic mass is 9.83. The molecule has 21 heavy (non-hydrogen) atoms. The summed E-state index contributed by atoms with van der Waals surface area (Å²) in [5, 5.41) is 11.0. The van der Waals surface area contributed by atoms with Crippen molar-refractivity contribution in [3.05, 3.63) is 35.4 Å². The third-order valence-electron chi connectivity index (χ3n) is 5.19. The summed E-state index contributed by atoms with van der Waals surface area (Å²) in [6, 6.07) is 8.55. The Balaban J connectivity index is 2.21.